The summed E-state index contributed by atoms with van der Waals surface area (Å²) in [5.41, 5.74) is 1.18. The van der Waals surface area contributed by atoms with Gasteiger partial charge in [0.05, 0.1) is 11.0 Å². The third-order valence-corrected chi connectivity index (χ3v) is 3.95. The van der Waals surface area contributed by atoms with E-state index in [1.807, 2.05) is 39.0 Å². The maximum atomic E-state index is 12.3. The first kappa shape index (κ1) is 11.3. The Morgan fingerprint density at radius 1 is 1.25 bits per heavy atom. The van der Waals surface area contributed by atoms with E-state index in [2.05, 4.69) is 0 Å². The minimum absolute atomic E-state index is 0.0405. The fourth-order valence-corrected chi connectivity index (χ4v) is 2.26. The van der Waals surface area contributed by atoms with Crippen LogP contribution in [0.15, 0.2) is 18.2 Å². The van der Waals surface area contributed by atoms with E-state index in [0.29, 0.717) is 6.42 Å². The Kier molecular flexibility index (Phi) is 2.25. The zero-order valence-electron chi connectivity index (χ0n) is 10.3. The zero-order chi connectivity index (χ0) is 12.1. The Balaban J connectivity index is 2.62. The van der Waals surface area contributed by atoms with Gasteiger partial charge in [-0.3, -0.25) is 4.79 Å². The number of ketones is 1. The van der Waals surface area contributed by atoms with Gasteiger partial charge < -0.3 is 5.11 Å². The van der Waals surface area contributed by atoms with Gasteiger partial charge in [0.2, 0.25) is 0 Å². The van der Waals surface area contributed by atoms with Crippen LogP contribution in [0, 0.1) is 12.3 Å². The quantitative estimate of drug-likeness (QED) is 0.726. The summed E-state index contributed by atoms with van der Waals surface area (Å²) >= 11 is 0. The number of carbonyl (C=O) groups is 1. The topological polar surface area (TPSA) is 37.3 Å². The molecule has 1 aliphatic carbocycles. The molecule has 0 heterocycles. The van der Waals surface area contributed by atoms with Crippen molar-refractivity contribution in [1.29, 1.82) is 0 Å². The second-order valence-electron chi connectivity index (χ2n) is 5.57. The van der Waals surface area contributed by atoms with E-state index in [0.717, 1.165) is 16.7 Å². The van der Waals surface area contributed by atoms with Crippen LogP contribution in [0.25, 0.3) is 0 Å². The van der Waals surface area contributed by atoms with E-state index in [-0.39, 0.29) is 5.78 Å². The highest BCUT2D eigenvalue weighted by Crippen LogP contribution is 2.42. The Bertz CT molecular complexity index is 456. The summed E-state index contributed by atoms with van der Waals surface area (Å²) in [6.07, 6.45) is 0.544. The molecule has 1 atom stereocenters. The van der Waals surface area contributed by atoms with Gasteiger partial charge in [0.15, 0.2) is 5.78 Å². The molecule has 1 aromatic rings. The van der Waals surface area contributed by atoms with Crippen molar-refractivity contribution in [3.63, 3.8) is 0 Å². The molecule has 2 nitrogen and oxygen atoms in total. The summed E-state index contributed by atoms with van der Waals surface area (Å²) in [5.74, 6) is 0.0405. The Morgan fingerprint density at radius 3 is 2.50 bits per heavy atom. The normalized spacial score (nSPS) is 27.7. The monoisotopic (exact) mass is 218 g/mol. The van der Waals surface area contributed by atoms with Crippen molar-refractivity contribution in [2.75, 3.05) is 0 Å². The van der Waals surface area contributed by atoms with E-state index < -0.39 is 11.0 Å². The maximum Gasteiger partial charge on any atom is 0.171 e. The molecular weight excluding hydrogens is 200 g/mol. The van der Waals surface area contributed by atoms with Crippen molar-refractivity contribution in [1.82, 2.24) is 0 Å². The molecule has 0 radical (unpaired) electrons. The summed E-state index contributed by atoms with van der Waals surface area (Å²) in [4.78, 5) is 12.3. The molecule has 1 aliphatic rings. The van der Waals surface area contributed by atoms with Crippen molar-refractivity contribution in [3.05, 3.63) is 34.9 Å². The molecule has 1 unspecified atom stereocenters. The van der Waals surface area contributed by atoms with Crippen LogP contribution < -0.4 is 0 Å². The van der Waals surface area contributed by atoms with Gasteiger partial charge in [-0.05, 0) is 33.3 Å². The summed E-state index contributed by atoms with van der Waals surface area (Å²) < 4.78 is 0. The van der Waals surface area contributed by atoms with Crippen LogP contribution in [-0.2, 0) is 6.42 Å². The number of carbonyl (C=O) groups excluding carboxylic acids is 1. The summed E-state index contributed by atoms with van der Waals surface area (Å²) in [7, 11) is 0. The molecule has 0 saturated heterocycles. The fourth-order valence-electron chi connectivity index (χ4n) is 2.26. The molecule has 1 aromatic carbocycles. The van der Waals surface area contributed by atoms with Gasteiger partial charge in [0.25, 0.3) is 0 Å². The van der Waals surface area contributed by atoms with Crippen LogP contribution in [0.2, 0.25) is 0 Å². The highest BCUT2D eigenvalue weighted by atomic mass is 16.3. The van der Waals surface area contributed by atoms with E-state index in [4.69, 9.17) is 0 Å². The lowest BCUT2D eigenvalue weighted by atomic mass is 9.63. The van der Waals surface area contributed by atoms with Gasteiger partial charge in [0, 0.05) is 12.0 Å². The number of hydrogen-bond acceptors (Lipinski definition) is 2. The molecular formula is C14H18O2. The summed E-state index contributed by atoms with van der Waals surface area (Å²) in [6, 6.07) is 5.83. The van der Waals surface area contributed by atoms with Crippen LogP contribution in [0.3, 0.4) is 0 Å². The molecule has 0 spiro atoms. The van der Waals surface area contributed by atoms with Gasteiger partial charge in [-0.15, -0.1) is 0 Å². The fraction of sp³-hybridized carbons (Fsp3) is 0.500. The van der Waals surface area contributed by atoms with Gasteiger partial charge in [-0.25, -0.2) is 0 Å². The molecule has 0 saturated carbocycles. The SMILES string of the molecule is Cc1ccc2c(c1)CC(C)(O)C(C)(C)C2=O. The predicted octanol–water partition coefficient (Wildman–Crippen LogP) is 2.51. The van der Waals surface area contributed by atoms with Gasteiger partial charge in [-0.2, -0.15) is 0 Å². The van der Waals surface area contributed by atoms with Gasteiger partial charge in [0.1, 0.15) is 0 Å². The number of aliphatic hydroxyl groups is 1. The van der Waals surface area contributed by atoms with E-state index in [1.54, 1.807) is 6.92 Å². The summed E-state index contributed by atoms with van der Waals surface area (Å²) in [6.45, 7) is 7.38. The van der Waals surface area contributed by atoms with Crippen molar-refractivity contribution in [2.45, 2.75) is 39.7 Å². The first-order valence-electron chi connectivity index (χ1n) is 5.62. The number of rotatable bonds is 0. The highest BCUT2D eigenvalue weighted by molar-refractivity contribution is 6.03. The van der Waals surface area contributed by atoms with Crippen LogP contribution in [0.1, 0.15) is 42.3 Å². The van der Waals surface area contributed by atoms with Crippen molar-refractivity contribution in [2.24, 2.45) is 5.41 Å². The minimum Gasteiger partial charge on any atom is -0.389 e. The number of hydrogen-bond donors (Lipinski definition) is 1. The largest absolute Gasteiger partial charge is 0.389 e. The molecule has 0 bridgehead atoms. The third kappa shape index (κ3) is 1.40. The lowest BCUT2D eigenvalue weighted by molar-refractivity contribution is -0.0393. The third-order valence-electron chi connectivity index (χ3n) is 3.95. The maximum absolute atomic E-state index is 12.3. The van der Waals surface area contributed by atoms with Crippen LogP contribution in [0.5, 0.6) is 0 Å². The van der Waals surface area contributed by atoms with Gasteiger partial charge >= 0.3 is 0 Å². The van der Waals surface area contributed by atoms with Crippen molar-refractivity contribution < 1.29 is 9.90 Å². The standard InChI is InChI=1S/C14H18O2/c1-9-5-6-11-10(7-9)8-14(4,16)13(2,3)12(11)15/h5-7,16H,8H2,1-4H3. The molecule has 86 valence electrons. The molecule has 16 heavy (non-hydrogen) atoms. The van der Waals surface area contributed by atoms with E-state index in [9.17, 15) is 9.90 Å². The molecule has 0 aliphatic heterocycles. The Hall–Kier alpha value is -1.15. The zero-order valence-corrected chi connectivity index (χ0v) is 10.3. The van der Waals surface area contributed by atoms with Crippen LogP contribution in [0.4, 0.5) is 0 Å². The second-order valence-corrected chi connectivity index (χ2v) is 5.57. The molecule has 0 fully saturated rings. The van der Waals surface area contributed by atoms with E-state index in [1.165, 1.54) is 0 Å². The first-order valence-corrected chi connectivity index (χ1v) is 5.62. The van der Waals surface area contributed by atoms with Crippen LogP contribution in [-0.4, -0.2) is 16.5 Å². The van der Waals surface area contributed by atoms with Crippen molar-refractivity contribution in [3.8, 4) is 0 Å². The number of Topliss-reactive ketones (excluding diaryl/α,β-unsaturated/α-hetero) is 1. The van der Waals surface area contributed by atoms with Crippen LogP contribution >= 0.6 is 0 Å². The minimum atomic E-state index is -0.967. The molecule has 2 rings (SSSR count). The molecule has 1 N–H and O–H groups in total. The number of fused-ring (bicyclic) bond motifs is 1. The highest BCUT2D eigenvalue weighted by Gasteiger charge is 2.49. The predicted molar refractivity (Wildman–Crippen MR) is 63.6 cm³/mol. The molecule has 0 amide bonds. The van der Waals surface area contributed by atoms with Gasteiger partial charge in [-0.1, -0.05) is 23.8 Å². The average Bonchev–Trinajstić information content (AvgIpc) is 2.14. The smallest absolute Gasteiger partial charge is 0.171 e. The Morgan fingerprint density at radius 2 is 1.88 bits per heavy atom. The number of aryl methyl sites for hydroxylation is 1. The second kappa shape index (κ2) is 3.17. The lowest BCUT2D eigenvalue weighted by Gasteiger charge is -2.43. The van der Waals surface area contributed by atoms with Crippen molar-refractivity contribution >= 4 is 5.78 Å². The average molecular weight is 218 g/mol. The lowest BCUT2D eigenvalue weighted by Crippen LogP contribution is -2.52. The molecule has 0 aromatic heterocycles. The first-order chi connectivity index (χ1) is 7.25. The number of benzene rings is 1. The summed E-state index contributed by atoms with van der Waals surface area (Å²) in [5, 5.41) is 10.4. The van der Waals surface area contributed by atoms with E-state index >= 15 is 0 Å². The Labute approximate surface area is 96.3 Å². The molecule has 2 heteroatoms.